The van der Waals surface area contributed by atoms with Crippen molar-refractivity contribution in [1.29, 1.82) is 0 Å². The fourth-order valence-corrected chi connectivity index (χ4v) is 1.55. The standard InChI is InChI=1S/C8H18N2O/c1-6(2)10-3-7(5-11)8(9)4-10/h6-8,11H,3-5,9H2,1-2H3/t7-,8+/m1/s1. The van der Waals surface area contributed by atoms with E-state index in [4.69, 9.17) is 10.8 Å². The van der Waals surface area contributed by atoms with Crippen LogP contribution in [0.5, 0.6) is 0 Å². The van der Waals surface area contributed by atoms with Crippen LogP contribution in [0.1, 0.15) is 13.8 Å². The highest BCUT2D eigenvalue weighted by atomic mass is 16.3. The van der Waals surface area contributed by atoms with Gasteiger partial charge in [0.1, 0.15) is 0 Å². The Labute approximate surface area is 68.2 Å². The second-order valence-electron chi connectivity index (χ2n) is 3.65. The molecule has 11 heavy (non-hydrogen) atoms. The lowest BCUT2D eigenvalue weighted by molar-refractivity contribution is 0.206. The van der Waals surface area contributed by atoms with Gasteiger partial charge in [-0.15, -0.1) is 0 Å². The summed E-state index contributed by atoms with van der Waals surface area (Å²) >= 11 is 0. The predicted octanol–water partition coefficient (Wildman–Crippen LogP) is -0.354. The first-order valence-corrected chi connectivity index (χ1v) is 4.25. The lowest BCUT2D eigenvalue weighted by Gasteiger charge is -2.19. The van der Waals surface area contributed by atoms with E-state index in [-0.39, 0.29) is 18.6 Å². The van der Waals surface area contributed by atoms with Crippen LogP contribution in [-0.4, -0.2) is 41.8 Å². The zero-order valence-electron chi connectivity index (χ0n) is 7.33. The molecule has 2 atom stereocenters. The van der Waals surface area contributed by atoms with E-state index in [2.05, 4.69) is 18.7 Å². The number of hydrogen-bond donors (Lipinski definition) is 2. The molecule has 3 N–H and O–H groups in total. The second kappa shape index (κ2) is 3.52. The quantitative estimate of drug-likeness (QED) is 0.577. The lowest BCUT2D eigenvalue weighted by Crippen LogP contribution is -2.32. The first kappa shape index (κ1) is 8.97. The van der Waals surface area contributed by atoms with Gasteiger partial charge in [0, 0.05) is 37.7 Å². The van der Waals surface area contributed by atoms with Crippen LogP contribution in [0.15, 0.2) is 0 Å². The maximum absolute atomic E-state index is 8.93. The number of aliphatic hydroxyl groups excluding tert-OH is 1. The average Bonchev–Trinajstić information content (AvgIpc) is 2.31. The second-order valence-corrected chi connectivity index (χ2v) is 3.65. The van der Waals surface area contributed by atoms with Crippen LogP contribution < -0.4 is 5.73 Å². The van der Waals surface area contributed by atoms with Crippen LogP contribution in [0.3, 0.4) is 0 Å². The Morgan fingerprint density at radius 1 is 1.55 bits per heavy atom. The molecule has 1 saturated heterocycles. The Morgan fingerprint density at radius 2 is 2.18 bits per heavy atom. The van der Waals surface area contributed by atoms with Crippen molar-refractivity contribution in [3.8, 4) is 0 Å². The first-order chi connectivity index (χ1) is 5.15. The fourth-order valence-electron chi connectivity index (χ4n) is 1.55. The Balaban J connectivity index is 2.43. The van der Waals surface area contributed by atoms with Crippen molar-refractivity contribution >= 4 is 0 Å². The first-order valence-electron chi connectivity index (χ1n) is 4.25. The smallest absolute Gasteiger partial charge is 0.0486 e. The SMILES string of the molecule is CC(C)N1C[C@H](CO)[C@@H](N)C1. The molecular weight excluding hydrogens is 140 g/mol. The van der Waals surface area contributed by atoms with Crippen LogP contribution in [0.2, 0.25) is 0 Å². The van der Waals surface area contributed by atoms with Crippen molar-refractivity contribution in [2.24, 2.45) is 11.7 Å². The average molecular weight is 158 g/mol. The van der Waals surface area contributed by atoms with Gasteiger partial charge in [-0.1, -0.05) is 0 Å². The summed E-state index contributed by atoms with van der Waals surface area (Å²) in [6, 6.07) is 0.722. The number of hydrogen-bond acceptors (Lipinski definition) is 3. The number of likely N-dealkylation sites (tertiary alicyclic amines) is 1. The zero-order chi connectivity index (χ0) is 8.43. The molecule has 0 amide bonds. The van der Waals surface area contributed by atoms with Gasteiger partial charge in [-0.2, -0.15) is 0 Å². The van der Waals surface area contributed by atoms with Gasteiger partial charge in [-0.05, 0) is 13.8 Å². The topological polar surface area (TPSA) is 49.5 Å². The van der Waals surface area contributed by atoms with Crippen LogP contribution in [0.4, 0.5) is 0 Å². The van der Waals surface area contributed by atoms with Gasteiger partial charge in [0.2, 0.25) is 0 Å². The molecule has 1 fully saturated rings. The van der Waals surface area contributed by atoms with E-state index in [1.807, 2.05) is 0 Å². The van der Waals surface area contributed by atoms with Gasteiger partial charge in [0.25, 0.3) is 0 Å². The molecule has 1 aliphatic rings. The summed E-state index contributed by atoms with van der Waals surface area (Å²) < 4.78 is 0. The number of aliphatic hydroxyl groups is 1. The molecule has 0 radical (unpaired) electrons. The number of rotatable bonds is 2. The predicted molar refractivity (Wildman–Crippen MR) is 45.3 cm³/mol. The third-order valence-electron chi connectivity index (χ3n) is 2.48. The highest BCUT2D eigenvalue weighted by Crippen LogP contribution is 2.16. The zero-order valence-corrected chi connectivity index (χ0v) is 7.33. The van der Waals surface area contributed by atoms with Crippen LogP contribution in [0, 0.1) is 5.92 Å². The molecule has 0 aromatic rings. The molecule has 66 valence electrons. The highest BCUT2D eigenvalue weighted by molar-refractivity contribution is 4.87. The maximum atomic E-state index is 8.93. The van der Waals surface area contributed by atoms with E-state index in [1.165, 1.54) is 0 Å². The largest absolute Gasteiger partial charge is 0.396 e. The summed E-state index contributed by atoms with van der Waals surface area (Å²) in [5, 5.41) is 8.93. The molecule has 3 heteroatoms. The van der Waals surface area contributed by atoms with Crippen LogP contribution in [-0.2, 0) is 0 Å². The molecule has 3 nitrogen and oxygen atoms in total. The Kier molecular flexibility index (Phi) is 2.87. The summed E-state index contributed by atoms with van der Waals surface area (Å²) in [6.07, 6.45) is 0. The van der Waals surface area contributed by atoms with E-state index in [0.717, 1.165) is 13.1 Å². The van der Waals surface area contributed by atoms with E-state index >= 15 is 0 Å². The minimum atomic E-state index is 0.169. The number of nitrogens with zero attached hydrogens (tertiary/aromatic N) is 1. The van der Waals surface area contributed by atoms with Gasteiger partial charge < -0.3 is 10.8 Å². The molecule has 0 saturated carbocycles. The maximum Gasteiger partial charge on any atom is 0.0486 e. The van der Waals surface area contributed by atoms with Gasteiger partial charge >= 0.3 is 0 Å². The van der Waals surface area contributed by atoms with Crippen LogP contribution in [0.25, 0.3) is 0 Å². The summed E-state index contributed by atoms with van der Waals surface area (Å²) in [7, 11) is 0. The summed E-state index contributed by atoms with van der Waals surface area (Å²) in [5.41, 5.74) is 5.82. The van der Waals surface area contributed by atoms with Gasteiger partial charge in [0.05, 0.1) is 0 Å². The molecule has 0 aromatic heterocycles. The van der Waals surface area contributed by atoms with Crippen molar-refractivity contribution in [2.45, 2.75) is 25.9 Å². The molecule has 0 unspecified atom stereocenters. The highest BCUT2D eigenvalue weighted by Gasteiger charge is 2.30. The third-order valence-corrected chi connectivity index (χ3v) is 2.48. The minimum absolute atomic E-state index is 0.169. The summed E-state index contributed by atoms with van der Waals surface area (Å²) in [4.78, 5) is 2.31. The summed E-state index contributed by atoms with van der Waals surface area (Å²) in [6.45, 7) is 6.43. The molecule has 0 aromatic carbocycles. The van der Waals surface area contributed by atoms with Crippen molar-refractivity contribution in [3.05, 3.63) is 0 Å². The lowest BCUT2D eigenvalue weighted by atomic mass is 10.1. The summed E-state index contributed by atoms with van der Waals surface area (Å²) in [5.74, 6) is 0.289. The molecule has 1 aliphatic heterocycles. The van der Waals surface area contributed by atoms with E-state index in [1.54, 1.807) is 0 Å². The van der Waals surface area contributed by atoms with Crippen LogP contribution >= 0.6 is 0 Å². The normalized spacial score (nSPS) is 33.5. The van der Waals surface area contributed by atoms with E-state index < -0.39 is 0 Å². The van der Waals surface area contributed by atoms with Crippen molar-refractivity contribution in [3.63, 3.8) is 0 Å². The Hall–Kier alpha value is -0.120. The van der Waals surface area contributed by atoms with E-state index in [0.29, 0.717) is 6.04 Å². The molecule has 0 spiro atoms. The molecule has 1 heterocycles. The third kappa shape index (κ3) is 1.92. The van der Waals surface area contributed by atoms with E-state index in [9.17, 15) is 0 Å². The van der Waals surface area contributed by atoms with Crippen molar-refractivity contribution in [2.75, 3.05) is 19.7 Å². The number of nitrogens with two attached hydrogens (primary N) is 1. The minimum Gasteiger partial charge on any atom is -0.396 e. The molecule has 0 aliphatic carbocycles. The van der Waals surface area contributed by atoms with Crippen molar-refractivity contribution in [1.82, 2.24) is 4.90 Å². The molecule has 1 rings (SSSR count). The van der Waals surface area contributed by atoms with Gasteiger partial charge in [-0.3, -0.25) is 4.90 Å². The Bertz CT molecular complexity index is 127. The monoisotopic (exact) mass is 158 g/mol. The fraction of sp³-hybridized carbons (Fsp3) is 1.00. The Morgan fingerprint density at radius 3 is 2.45 bits per heavy atom. The molecular formula is C8H18N2O. The van der Waals surface area contributed by atoms with Gasteiger partial charge in [0.15, 0.2) is 0 Å². The van der Waals surface area contributed by atoms with Crippen molar-refractivity contribution < 1.29 is 5.11 Å². The van der Waals surface area contributed by atoms with Gasteiger partial charge in [-0.25, -0.2) is 0 Å². The molecule has 0 bridgehead atoms.